The van der Waals surface area contributed by atoms with Gasteiger partial charge in [-0.1, -0.05) is 44.2 Å². The molecular weight excluding hydrogens is 410 g/mol. The van der Waals surface area contributed by atoms with Crippen molar-refractivity contribution < 1.29 is 9.21 Å². The number of imidazole rings is 1. The van der Waals surface area contributed by atoms with E-state index in [1.54, 1.807) is 18.5 Å². The number of para-hydroxylation sites is 2. The molecule has 0 spiro atoms. The molecule has 1 amide bonds. The van der Waals surface area contributed by atoms with Gasteiger partial charge in [0.25, 0.3) is 0 Å². The lowest BCUT2D eigenvalue weighted by Crippen LogP contribution is -2.13. The van der Waals surface area contributed by atoms with Crippen molar-refractivity contribution in [2.24, 2.45) is 7.05 Å². The molecule has 8 heteroatoms. The Morgan fingerprint density at radius 3 is 2.74 bits per heavy atom. The van der Waals surface area contributed by atoms with E-state index in [4.69, 9.17) is 4.42 Å². The number of rotatable bonds is 6. The minimum atomic E-state index is -0.0838. The summed E-state index contributed by atoms with van der Waals surface area (Å²) in [4.78, 5) is 26.5. The third kappa shape index (κ3) is 4.91. The quantitative estimate of drug-likeness (QED) is 0.458. The van der Waals surface area contributed by atoms with Crippen molar-refractivity contribution in [1.82, 2.24) is 19.5 Å². The molecule has 1 aromatic carbocycles. The number of nitrogens with one attached hydrogen (secondary N) is 1. The van der Waals surface area contributed by atoms with Crippen molar-refractivity contribution in [2.75, 3.05) is 5.32 Å². The normalized spacial score (nSPS) is 12.1. The number of carbonyl (C=O) groups is 1. The van der Waals surface area contributed by atoms with E-state index in [2.05, 4.69) is 41.0 Å². The van der Waals surface area contributed by atoms with Gasteiger partial charge in [-0.2, -0.15) is 0 Å². The first-order chi connectivity index (χ1) is 14.8. The molecule has 0 bridgehead atoms. The molecule has 31 heavy (non-hydrogen) atoms. The molecule has 7 nitrogen and oxygen atoms in total. The largest absolute Gasteiger partial charge is 0.441 e. The maximum atomic E-state index is 12.4. The van der Waals surface area contributed by atoms with Gasteiger partial charge in [-0.3, -0.25) is 4.79 Å². The number of thiazole rings is 1. The zero-order valence-corrected chi connectivity index (χ0v) is 18.9. The molecule has 0 aliphatic carbocycles. The van der Waals surface area contributed by atoms with Crippen molar-refractivity contribution in [2.45, 2.75) is 39.0 Å². The molecule has 0 atom stereocenters. The van der Waals surface area contributed by atoms with Gasteiger partial charge in [0.05, 0.1) is 17.2 Å². The van der Waals surface area contributed by atoms with Gasteiger partial charge in [0.15, 0.2) is 5.13 Å². The van der Waals surface area contributed by atoms with Crippen molar-refractivity contribution in [3.63, 3.8) is 0 Å². The van der Waals surface area contributed by atoms with E-state index in [0.717, 1.165) is 27.5 Å². The van der Waals surface area contributed by atoms with Crippen LogP contribution < -0.4 is 5.32 Å². The Labute approximate surface area is 184 Å². The highest BCUT2D eigenvalue weighted by atomic mass is 32.1. The van der Waals surface area contributed by atoms with Crippen LogP contribution in [0.2, 0.25) is 0 Å². The van der Waals surface area contributed by atoms with Gasteiger partial charge in [-0.05, 0) is 18.2 Å². The average molecular weight is 436 g/mol. The van der Waals surface area contributed by atoms with E-state index in [9.17, 15) is 4.79 Å². The van der Waals surface area contributed by atoms with Crippen LogP contribution in [0.25, 0.3) is 23.2 Å². The van der Waals surface area contributed by atoms with Gasteiger partial charge in [0.1, 0.15) is 11.6 Å². The zero-order chi connectivity index (χ0) is 22.0. The lowest BCUT2D eigenvalue weighted by atomic mass is 9.94. The highest BCUT2D eigenvalue weighted by Crippen LogP contribution is 2.25. The Morgan fingerprint density at radius 1 is 1.19 bits per heavy atom. The van der Waals surface area contributed by atoms with E-state index < -0.39 is 0 Å². The van der Waals surface area contributed by atoms with Gasteiger partial charge in [0, 0.05) is 42.5 Å². The molecule has 0 radical (unpaired) electrons. The fourth-order valence-electron chi connectivity index (χ4n) is 3.11. The van der Waals surface area contributed by atoms with Crippen LogP contribution in [0, 0.1) is 0 Å². The first-order valence-electron chi connectivity index (χ1n) is 10.1. The van der Waals surface area contributed by atoms with Crippen molar-refractivity contribution in [1.29, 1.82) is 0 Å². The van der Waals surface area contributed by atoms with Gasteiger partial charge >= 0.3 is 0 Å². The number of oxazole rings is 1. The molecule has 160 valence electrons. The van der Waals surface area contributed by atoms with Crippen molar-refractivity contribution >= 4 is 45.6 Å². The molecule has 4 rings (SSSR count). The number of amides is 1. The number of carbonyl (C=O) groups excluding carboxylic acids is 1. The number of fused-ring (bicyclic) bond motifs is 1. The van der Waals surface area contributed by atoms with Gasteiger partial charge in [-0.25, -0.2) is 15.0 Å². The summed E-state index contributed by atoms with van der Waals surface area (Å²) in [6.07, 6.45) is 8.06. The summed E-state index contributed by atoms with van der Waals surface area (Å²) in [6.45, 7) is 6.24. The van der Waals surface area contributed by atoms with Crippen LogP contribution in [0.15, 0.2) is 41.1 Å². The molecule has 4 aromatic rings. The standard InChI is InChI=1S/C23H25N5O2S/c1-23(2,3)18-14-24-21(30-18)12-9-15-13-25-22(31-15)27-20(29)11-10-19-26-16-7-5-6-8-17(16)28(19)4/h5-9,12-14H,10-11H2,1-4H3,(H,25,27,29). The molecule has 0 aliphatic rings. The van der Waals surface area contributed by atoms with Gasteiger partial charge in [0.2, 0.25) is 11.8 Å². The molecular formula is C23H25N5O2S. The number of aryl methyl sites for hydroxylation is 2. The predicted molar refractivity (Wildman–Crippen MR) is 124 cm³/mol. The van der Waals surface area contributed by atoms with Crippen LogP contribution in [-0.4, -0.2) is 25.4 Å². The molecule has 0 aliphatic heterocycles. The number of benzene rings is 1. The van der Waals surface area contributed by atoms with Crippen LogP contribution in [0.3, 0.4) is 0 Å². The van der Waals surface area contributed by atoms with Crippen LogP contribution in [0.1, 0.15) is 49.5 Å². The Morgan fingerprint density at radius 2 is 2.00 bits per heavy atom. The summed E-state index contributed by atoms with van der Waals surface area (Å²) in [5, 5.41) is 3.43. The maximum Gasteiger partial charge on any atom is 0.226 e. The Hall–Kier alpha value is -3.26. The second kappa shape index (κ2) is 8.47. The Balaban J connectivity index is 1.33. The number of hydrogen-bond acceptors (Lipinski definition) is 6. The van der Waals surface area contributed by atoms with Crippen LogP contribution in [-0.2, 0) is 23.7 Å². The zero-order valence-electron chi connectivity index (χ0n) is 18.0. The van der Waals surface area contributed by atoms with Crippen LogP contribution in [0.5, 0.6) is 0 Å². The minimum absolute atomic E-state index is 0.0807. The number of hydrogen-bond donors (Lipinski definition) is 1. The fourth-order valence-corrected chi connectivity index (χ4v) is 3.85. The van der Waals surface area contributed by atoms with Crippen molar-refractivity contribution in [3.05, 3.63) is 59.0 Å². The predicted octanol–water partition coefficient (Wildman–Crippen LogP) is 5.06. The third-order valence-electron chi connectivity index (χ3n) is 4.88. The average Bonchev–Trinajstić information content (AvgIpc) is 3.44. The first kappa shape index (κ1) is 21.0. The molecule has 0 saturated heterocycles. The fraction of sp³-hybridized carbons (Fsp3) is 0.304. The Bertz CT molecular complexity index is 1240. The summed E-state index contributed by atoms with van der Waals surface area (Å²) >= 11 is 1.40. The summed E-state index contributed by atoms with van der Waals surface area (Å²) in [7, 11) is 1.97. The summed E-state index contributed by atoms with van der Waals surface area (Å²) < 4.78 is 7.79. The second-order valence-electron chi connectivity index (χ2n) is 8.34. The van der Waals surface area contributed by atoms with Gasteiger partial charge < -0.3 is 14.3 Å². The van der Waals surface area contributed by atoms with E-state index in [1.165, 1.54) is 11.3 Å². The van der Waals surface area contributed by atoms with Crippen LogP contribution >= 0.6 is 11.3 Å². The number of anilines is 1. The topological polar surface area (TPSA) is 85.8 Å². The lowest BCUT2D eigenvalue weighted by molar-refractivity contribution is -0.116. The monoisotopic (exact) mass is 435 g/mol. The molecule has 0 fully saturated rings. The van der Waals surface area contributed by atoms with Gasteiger partial charge in [-0.15, -0.1) is 0 Å². The van der Waals surface area contributed by atoms with Crippen molar-refractivity contribution in [3.8, 4) is 0 Å². The molecule has 0 saturated carbocycles. The van der Waals surface area contributed by atoms with E-state index >= 15 is 0 Å². The molecule has 1 N–H and O–H groups in total. The van der Waals surface area contributed by atoms with E-state index in [0.29, 0.717) is 23.9 Å². The number of aromatic nitrogens is 4. The third-order valence-corrected chi connectivity index (χ3v) is 5.76. The highest BCUT2D eigenvalue weighted by molar-refractivity contribution is 7.16. The summed E-state index contributed by atoms with van der Waals surface area (Å²) in [6, 6.07) is 7.95. The SMILES string of the molecule is Cn1c(CCC(=O)Nc2ncc(C=Cc3ncc(C(C)(C)C)o3)s2)nc2ccccc21. The number of nitrogens with zero attached hydrogens (tertiary/aromatic N) is 4. The first-order valence-corrected chi connectivity index (χ1v) is 10.9. The highest BCUT2D eigenvalue weighted by Gasteiger charge is 2.18. The summed E-state index contributed by atoms with van der Waals surface area (Å²) in [5.74, 6) is 2.19. The lowest BCUT2D eigenvalue weighted by Gasteiger charge is -2.12. The maximum absolute atomic E-state index is 12.4. The second-order valence-corrected chi connectivity index (χ2v) is 9.40. The Kier molecular flexibility index (Phi) is 5.73. The molecule has 3 aromatic heterocycles. The smallest absolute Gasteiger partial charge is 0.226 e. The molecule has 0 unspecified atom stereocenters. The molecule has 3 heterocycles. The minimum Gasteiger partial charge on any atom is -0.441 e. The van der Waals surface area contributed by atoms with E-state index in [1.807, 2.05) is 42.0 Å². The van der Waals surface area contributed by atoms with Crippen LogP contribution in [0.4, 0.5) is 5.13 Å². The van der Waals surface area contributed by atoms with E-state index in [-0.39, 0.29) is 11.3 Å². The summed E-state index contributed by atoms with van der Waals surface area (Å²) in [5.41, 5.74) is 1.93.